The van der Waals surface area contributed by atoms with Gasteiger partial charge in [0.2, 0.25) is 0 Å². The summed E-state index contributed by atoms with van der Waals surface area (Å²) in [6, 6.07) is 3.77. The largest absolute Gasteiger partial charge is 0.490 e. The third-order valence-electron chi connectivity index (χ3n) is 5.06. The van der Waals surface area contributed by atoms with Crippen molar-refractivity contribution in [2.24, 2.45) is 0 Å². The molecule has 0 aromatic carbocycles. The van der Waals surface area contributed by atoms with Gasteiger partial charge in [0.25, 0.3) is 5.91 Å². The van der Waals surface area contributed by atoms with Crippen LogP contribution in [0.1, 0.15) is 16.1 Å². The fraction of sp³-hybridized carbons (Fsp3) is 0.381. The molecule has 1 saturated heterocycles. The van der Waals surface area contributed by atoms with Gasteiger partial charge in [-0.2, -0.15) is 13.2 Å². The zero-order chi connectivity index (χ0) is 25.8. The number of aliphatic carboxylic acids is 1. The molecule has 188 valence electrons. The Morgan fingerprint density at radius 1 is 1.14 bits per heavy atom. The molecule has 0 atom stereocenters. The van der Waals surface area contributed by atoms with Crippen LogP contribution in [-0.2, 0) is 11.3 Å². The number of anilines is 1. The van der Waals surface area contributed by atoms with Crippen LogP contribution in [0.4, 0.5) is 19.0 Å². The molecular formula is C21H23ClF3N7O3. The standard InChI is InChI=1S/C19H22ClN7O.C2HF3O2/c1-25(2)11-14-4-3-13(9-21-14)19(28)27-7-5-26(6-8-27)18-16-15(20)10-22-17(16)23-12-24-18;3-2(4,5)1(6)7/h3-4,9-10,12H,5-8,11H2,1-2H3,(H,22,23,24);(H,6,7). The molecule has 10 nitrogen and oxygen atoms in total. The average molecular weight is 514 g/mol. The number of rotatable bonds is 4. The molecule has 0 saturated carbocycles. The normalized spacial score (nSPS) is 14.1. The number of aromatic amines is 1. The maximum atomic E-state index is 12.8. The Bertz CT molecular complexity index is 1180. The highest BCUT2D eigenvalue weighted by atomic mass is 35.5. The number of hydrogen-bond acceptors (Lipinski definition) is 7. The van der Waals surface area contributed by atoms with Gasteiger partial charge in [-0.15, -0.1) is 0 Å². The van der Waals surface area contributed by atoms with Crippen molar-refractivity contribution in [3.05, 3.63) is 47.1 Å². The predicted octanol–water partition coefficient (Wildman–Crippen LogP) is 2.66. The number of nitrogens with zero attached hydrogens (tertiary/aromatic N) is 6. The van der Waals surface area contributed by atoms with Gasteiger partial charge in [-0.3, -0.25) is 9.78 Å². The molecule has 1 aliphatic rings. The Balaban J connectivity index is 0.000000429. The molecule has 35 heavy (non-hydrogen) atoms. The zero-order valence-corrected chi connectivity index (χ0v) is 19.6. The molecule has 14 heteroatoms. The molecule has 2 N–H and O–H groups in total. The zero-order valence-electron chi connectivity index (χ0n) is 18.9. The second-order valence-corrected chi connectivity index (χ2v) is 8.32. The molecule has 1 amide bonds. The Labute approximate surface area is 203 Å². The molecule has 4 rings (SSSR count). The van der Waals surface area contributed by atoms with Crippen LogP contribution >= 0.6 is 11.6 Å². The number of piperazine rings is 1. The van der Waals surface area contributed by atoms with E-state index in [1.165, 1.54) is 6.33 Å². The first-order chi connectivity index (χ1) is 16.5. The van der Waals surface area contributed by atoms with Crippen molar-refractivity contribution in [3.8, 4) is 0 Å². The summed E-state index contributed by atoms with van der Waals surface area (Å²) in [5.41, 5.74) is 2.29. The van der Waals surface area contributed by atoms with Crippen molar-refractivity contribution in [2.75, 3.05) is 45.2 Å². The summed E-state index contributed by atoms with van der Waals surface area (Å²) in [5.74, 6) is -1.94. The number of halogens is 4. The maximum Gasteiger partial charge on any atom is 0.490 e. The van der Waals surface area contributed by atoms with Gasteiger partial charge in [0, 0.05) is 45.1 Å². The highest BCUT2D eigenvalue weighted by Gasteiger charge is 2.38. The lowest BCUT2D eigenvalue weighted by Gasteiger charge is -2.35. The molecule has 3 aromatic rings. The van der Waals surface area contributed by atoms with Crippen LogP contribution in [0, 0.1) is 0 Å². The minimum absolute atomic E-state index is 0.0102. The number of aromatic nitrogens is 4. The first-order valence-electron chi connectivity index (χ1n) is 10.4. The molecule has 0 radical (unpaired) electrons. The number of pyridine rings is 1. The summed E-state index contributed by atoms with van der Waals surface area (Å²) in [4.78, 5) is 43.8. The molecule has 0 aliphatic carbocycles. The number of carbonyl (C=O) groups excluding carboxylic acids is 1. The van der Waals surface area contributed by atoms with Crippen LogP contribution in [0.15, 0.2) is 30.9 Å². The first-order valence-corrected chi connectivity index (χ1v) is 10.8. The molecule has 1 fully saturated rings. The van der Waals surface area contributed by atoms with Gasteiger partial charge in [-0.05, 0) is 26.2 Å². The van der Waals surface area contributed by atoms with Gasteiger partial charge in [0.15, 0.2) is 0 Å². The van der Waals surface area contributed by atoms with Crippen molar-refractivity contribution >= 4 is 40.3 Å². The number of carbonyl (C=O) groups is 2. The van der Waals surface area contributed by atoms with E-state index < -0.39 is 12.1 Å². The van der Waals surface area contributed by atoms with E-state index in [1.807, 2.05) is 36.0 Å². The minimum Gasteiger partial charge on any atom is -0.475 e. The third kappa shape index (κ3) is 6.57. The van der Waals surface area contributed by atoms with Gasteiger partial charge in [-0.1, -0.05) is 11.6 Å². The number of amides is 1. The van der Waals surface area contributed by atoms with Crippen molar-refractivity contribution in [1.29, 1.82) is 0 Å². The highest BCUT2D eigenvalue weighted by molar-refractivity contribution is 6.36. The Morgan fingerprint density at radius 3 is 2.34 bits per heavy atom. The van der Waals surface area contributed by atoms with E-state index in [4.69, 9.17) is 21.5 Å². The van der Waals surface area contributed by atoms with Crippen LogP contribution in [-0.4, -0.2) is 93.2 Å². The second-order valence-electron chi connectivity index (χ2n) is 7.92. The van der Waals surface area contributed by atoms with Crippen LogP contribution < -0.4 is 4.90 Å². The summed E-state index contributed by atoms with van der Waals surface area (Å²) in [6.07, 6.45) is -0.165. The number of nitrogens with one attached hydrogen (secondary N) is 1. The van der Waals surface area contributed by atoms with E-state index in [9.17, 15) is 18.0 Å². The van der Waals surface area contributed by atoms with Gasteiger partial charge >= 0.3 is 12.1 Å². The van der Waals surface area contributed by atoms with Gasteiger partial charge in [0.1, 0.15) is 17.8 Å². The number of hydrogen-bond donors (Lipinski definition) is 2. The molecule has 0 spiro atoms. The summed E-state index contributed by atoms with van der Waals surface area (Å²) >= 11 is 6.29. The molecule has 4 heterocycles. The van der Waals surface area contributed by atoms with Crippen LogP contribution in [0.25, 0.3) is 11.0 Å². The van der Waals surface area contributed by atoms with Crippen molar-refractivity contribution in [1.82, 2.24) is 29.7 Å². The smallest absolute Gasteiger partial charge is 0.475 e. The molecule has 3 aromatic heterocycles. The highest BCUT2D eigenvalue weighted by Crippen LogP contribution is 2.30. The molecule has 0 unspecified atom stereocenters. The fourth-order valence-corrected chi connectivity index (χ4v) is 3.65. The monoisotopic (exact) mass is 513 g/mol. The summed E-state index contributed by atoms with van der Waals surface area (Å²) in [5, 5.41) is 8.55. The van der Waals surface area contributed by atoms with Gasteiger partial charge in [-0.25, -0.2) is 14.8 Å². The fourth-order valence-electron chi connectivity index (χ4n) is 3.42. The van der Waals surface area contributed by atoms with Crippen LogP contribution in [0.3, 0.4) is 0 Å². The first kappa shape index (κ1) is 26.2. The van der Waals surface area contributed by atoms with Crippen molar-refractivity contribution < 1.29 is 27.9 Å². The summed E-state index contributed by atoms with van der Waals surface area (Å²) in [7, 11) is 3.98. The lowest BCUT2D eigenvalue weighted by atomic mass is 10.2. The van der Waals surface area contributed by atoms with Crippen molar-refractivity contribution in [3.63, 3.8) is 0 Å². The SMILES string of the molecule is CN(C)Cc1ccc(C(=O)N2CCN(c3ncnc4[nH]cc(Cl)c34)CC2)cn1.O=C(O)C(F)(F)F. The third-order valence-corrected chi connectivity index (χ3v) is 5.36. The Hall–Kier alpha value is -3.45. The van der Waals surface area contributed by atoms with E-state index >= 15 is 0 Å². The molecule has 0 bridgehead atoms. The van der Waals surface area contributed by atoms with Gasteiger partial charge in [0.05, 0.1) is 21.7 Å². The lowest BCUT2D eigenvalue weighted by Crippen LogP contribution is -2.49. The number of carboxylic acid groups (broad SMARTS) is 1. The van der Waals surface area contributed by atoms with E-state index in [1.54, 1.807) is 12.4 Å². The van der Waals surface area contributed by atoms with E-state index in [2.05, 4.69) is 24.8 Å². The van der Waals surface area contributed by atoms with Crippen LogP contribution in [0.5, 0.6) is 0 Å². The topological polar surface area (TPSA) is 119 Å². The second kappa shape index (κ2) is 10.9. The maximum absolute atomic E-state index is 12.8. The van der Waals surface area contributed by atoms with Crippen molar-refractivity contribution in [2.45, 2.75) is 12.7 Å². The summed E-state index contributed by atoms with van der Waals surface area (Å²) in [6.45, 7) is 3.36. The Kier molecular flexibility index (Phi) is 8.12. The lowest BCUT2D eigenvalue weighted by molar-refractivity contribution is -0.192. The predicted molar refractivity (Wildman–Crippen MR) is 122 cm³/mol. The summed E-state index contributed by atoms with van der Waals surface area (Å²) < 4.78 is 31.7. The number of fused-ring (bicyclic) bond motifs is 1. The number of alkyl halides is 3. The van der Waals surface area contributed by atoms with E-state index in [0.29, 0.717) is 36.8 Å². The number of H-pyrrole nitrogens is 1. The van der Waals surface area contributed by atoms with E-state index in [-0.39, 0.29) is 5.91 Å². The molecular weight excluding hydrogens is 491 g/mol. The average Bonchev–Trinajstić information content (AvgIpc) is 3.20. The van der Waals surface area contributed by atoms with Gasteiger partial charge < -0.3 is 24.8 Å². The quantitative estimate of drug-likeness (QED) is 0.546. The Morgan fingerprint density at radius 2 is 1.80 bits per heavy atom. The number of carboxylic acids is 1. The van der Waals surface area contributed by atoms with E-state index in [0.717, 1.165) is 29.1 Å². The van der Waals surface area contributed by atoms with Crippen LogP contribution in [0.2, 0.25) is 5.02 Å². The minimum atomic E-state index is -5.08. The molecule has 1 aliphatic heterocycles.